The fourth-order valence-corrected chi connectivity index (χ4v) is 1.88. The van der Waals surface area contributed by atoms with Crippen molar-refractivity contribution < 1.29 is 14.3 Å². The molecule has 0 bridgehead atoms. The maximum absolute atomic E-state index is 10.8. The van der Waals surface area contributed by atoms with Crippen LogP contribution in [0, 0.1) is 0 Å². The molecule has 3 nitrogen and oxygen atoms in total. The van der Waals surface area contributed by atoms with E-state index in [1.165, 1.54) is 6.42 Å². The first kappa shape index (κ1) is 8.35. The first-order valence-corrected chi connectivity index (χ1v) is 4.61. The number of furan rings is 1. The second-order valence-electron chi connectivity index (χ2n) is 3.43. The van der Waals surface area contributed by atoms with E-state index in [2.05, 4.69) is 0 Å². The molecule has 0 unspecified atom stereocenters. The molecule has 1 aromatic rings. The third kappa shape index (κ3) is 1.46. The van der Waals surface area contributed by atoms with E-state index in [0.717, 1.165) is 36.8 Å². The van der Waals surface area contributed by atoms with Crippen molar-refractivity contribution in [3.8, 4) is 0 Å². The summed E-state index contributed by atoms with van der Waals surface area (Å²) in [7, 11) is 0. The van der Waals surface area contributed by atoms with Gasteiger partial charge in [0, 0.05) is 5.56 Å². The zero-order valence-electron chi connectivity index (χ0n) is 7.38. The van der Waals surface area contributed by atoms with Crippen LogP contribution in [-0.4, -0.2) is 11.1 Å². The molecule has 0 aliphatic heterocycles. The molecule has 13 heavy (non-hydrogen) atoms. The minimum atomic E-state index is -0.942. The molecule has 0 fully saturated rings. The lowest BCUT2D eigenvalue weighted by Gasteiger charge is -1.96. The van der Waals surface area contributed by atoms with Gasteiger partial charge in [0.2, 0.25) is 5.76 Å². The fraction of sp³-hybridized carbons (Fsp3) is 0.500. The SMILES string of the molecule is O=C(O)c1occ2c1CCCCC2. The first-order valence-electron chi connectivity index (χ1n) is 4.61. The van der Waals surface area contributed by atoms with Crippen LogP contribution < -0.4 is 0 Å². The lowest BCUT2D eigenvalue weighted by Crippen LogP contribution is -1.99. The third-order valence-corrected chi connectivity index (χ3v) is 2.55. The number of fused-ring (bicyclic) bond motifs is 1. The summed E-state index contributed by atoms with van der Waals surface area (Å²) in [6.07, 6.45) is 6.83. The standard InChI is InChI=1S/C10H12O3/c11-10(12)9-8-5-3-1-2-4-7(8)6-13-9/h6H,1-5H2,(H,11,12). The van der Waals surface area contributed by atoms with Gasteiger partial charge in [-0.3, -0.25) is 0 Å². The second-order valence-corrected chi connectivity index (χ2v) is 3.43. The number of hydrogen-bond donors (Lipinski definition) is 1. The quantitative estimate of drug-likeness (QED) is 0.674. The Bertz CT molecular complexity index is 325. The normalized spacial score (nSPS) is 16.3. The highest BCUT2D eigenvalue weighted by Crippen LogP contribution is 2.25. The van der Waals surface area contributed by atoms with Crippen molar-refractivity contribution in [1.82, 2.24) is 0 Å². The largest absolute Gasteiger partial charge is 0.475 e. The molecule has 0 saturated carbocycles. The van der Waals surface area contributed by atoms with E-state index >= 15 is 0 Å². The zero-order chi connectivity index (χ0) is 9.26. The molecule has 70 valence electrons. The van der Waals surface area contributed by atoms with E-state index in [0.29, 0.717) is 0 Å². The Morgan fingerprint density at radius 2 is 2.08 bits per heavy atom. The van der Waals surface area contributed by atoms with Crippen molar-refractivity contribution in [2.24, 2.45) is 0 Å². The van der Waals surface area contributed by atoms with Crippen LogP contribution in [0.4, 0.5) is 0 Å². The van der Waals surface area contributed by atoms with Crippen LogP contribution in [0.3, 0.4) is 0 Å². The third-order valence-electron chi connectivity index (χ3n) is 2.55. The number of carbonyl (C=O) groups is 1. The highest BCUT2D eigenvalue weighted by molar-refractivity contribution is 5.86. The van der Waals surface area contributed by atoms with Gasteiger partial charge in [-0.25, -0.2) is 4.79 Å². The fourth-order valence-electron chi connectivity index (χ4n) is 1.88. The van der Waals surface area contributed by atoms with Crippen molar-refractivity contribution in [2.45, 2.75) is 32.1 Å². The van der Waals surface area contributed by atoms with Crippen LogP contribution >= 0.6 is 0 Å². The summed E-state index contributed by atoms with van der Waals surface area (Å²) in [4.78, 5) is 10.8. The molecule has 0 amide bonds. The topological polar surface area (TPSA) is 50.4 Å². The van der Waals surface area contributed by atoms with Gasteiger partial charge in [0.05, 0.1) is 6.26 Å². The zero-order valence-corrected chi connectivity index (χ0v) is 7.38. The van der Waals surface area contributed by atoms with Crippen molar-refractivity contribution in [1.29, 1.82) is 0 Å². The number of rotatable bonds is 1. The summed E-state index contributed by atoms with van der Waals surface area (Å²) in [6, 6.07) is 0. The summed E-state index contributed by atoms with van der Waals surface area (Å²) in [5.41, 5.74) is 2.01. The molecule has 0 aromatic carbocycles. The predicted molar refractivity (Wildman–Crippen MR) is 46.9 cm³/mol. The number of aryl methyl sites for hydroxylation is 1. The van der Waals surface area contributed by atoms with E-state index in [9.17, 15) is 4.79 Å². The van der Waals surface area contributed by atoms with Crippen LogP contribution in [0.25, 0.3) is 0 Å². The molecule has 1 heterocycles. The first-order chi connectivity index (χ1) is 6.29. The molecule has 2 rings (SSSR count). The maximum atomic E-state index is 10.8. The molecule has 1 N–H and O–H groups in total. The highest BCUT2D eigenvalue weighted by atomic mass is 16.4. The Kier molecular flexibility index (Phi) is 2.08. The Morgan fingerprint density at radius 3 is 2.85 bits per heavy atom. The molecule has 0 atom stereocenters. The molecule has 1 aromatic heterocycles. The van der Waals surface area contributed by atoms with Gasteiger partial charge in [-0.2, -0.15) is 0 Å². The van der Waals surface area contributed by atoms with Gasteiger partial charge in [-0.15, -0.1) is 0 Å². The maximum Gasteiger partial charge on any atom is 0.372 e. The van der Waals surface area contributed by atoms with Crippen molar-refractivity contribution in [3.63, 3.8) is 0 Å². The van der Waals surface area contributed by atoms with Gasteiger partial charge in [-0.05, 0) is 31.2 Å². The number of hydrogen-bond acceptors (Lipinski definition) is 2. The minimum Gasteiger partial charge on any atom is -0.475 e. The number of carboxylic acids is 1. The average molecular weight is 180 g/mol. The summed E-state index contributed by atoms with van der Waals surface area (Å²) < 4.78 is 5.04. The van der Waals surface area contributed by atoms with Crippen molar-refractivity contribution >= 4 is 5.97 Å². The monoisotopic (exact) mass is 180 g/mol. The van der Waals surface area contributed by atoms with Gasteiger partial charge in [0.1, 0.15) is 0 Å². The Balaban J connectivity index is 2.39. The van der Waals surface area contributed by atoms with Gasteiger partial charge in [0.15, 0.2) is 0 Å². The van der Waals surface area contributed by atoms with Gasteiger partial charge >= 0.3 is 5.97 Å². The molecule has 0 radical (unpaired) electrons. The second kappa shape index (κ2) is 3.24. The Labute approximate surface area is 76.4 Å². The lowest BCUT2D eigenvalue weighted by molar-refractivity contribution is 0.0660. The van der Waals surface area contributed by atoms with Crippen LogP contribution in [-0.2, 0) is 12.8 Å². The summed E-state index contributed by atoms with van der Waals surface area (Å²) >= 11 is 0. The summed E-state index contributed by atoms with van der Waals surface area (Å²) in [5, 5.41) is 8.83. The van der Waals surface area contributed by atoms with Crippen molar-refractivity contribution in [3.05, 3.63) is 23.2 Å². The Morgan fingerprint density at radius 1 is 1.31 bits per heavy atom. The van der Waals surface area contributed by atoms with E-state index in [1.54, 1.807) is 6.26 Å². The highest BCUT2D eigenvalue weighted by Gasteiger charge is 2.20. The average Bonchev–Trinajstić information content (AvgIpc) is 2.36. The van der Waals surface area contributed by atoms with Crippen molar-refractivity contribution in [2.75, 3.05) is 0 Å². The number of carboxylic acid groups (broad SMARTS) is 1. The van der Waals surface area contributed by atoms with Gasteiger partial charge in [-0.1, -0.05) is 6.42 Å². The van der Waals surface area contributed by atoms with Crippen LogP contribution in [0.1, 0.15) is 40.9 Å². The van der Waals surface area contributed by atoms with Crippen LogP contribution in [0.15, 0.2) is 10.7 Å². The van der Waals surface area contributed by atoms with Crippen LogP contribution in [0.5, 0.6) is 0 Å². The molecule has 1 aliphatic carbocycles. The summed E-state index contributed by atoms with van der Waals surface area (Å²) in [5.74, 6) is -0.792. The molecule has 0 saturated heterocycles. The molecule has 0 spiro atoms. The van der Waals surface area contributed by atoms with E-state index < -0.39 is 5.97 Å². The minimum absolute atomic E-state index is 0.150. The summed E-state index contributed by atoms with van der Waals surface area (Å²) in [6.45, 7) is 0. The molecule has 1 aliphatic rings. The molecular weight excluding hydrogens is 168 g/mol. The number of aromatic carboxylic acids is 1. The molecular formula is C10H12O3. The van der Waals surface area contributed by atoms with Gasteiger partial charge in [0.25, 0.3) is 0 Å². The smallest absolute Gasteiger partial charge is 0.372 e. The lowest BCUT2D eigenvalue weighted by atomic mass is 10.1. The van der Waals surface area contributed by atoms with Gasteiger partial charge < -0.3 is 9.52 Å². The predicted octanol–water partition coefficient (Wildman–Crippen LogP) is 2.25. The Hall–Kier alpha value is -1.25. The van der Waals surface area contributed by atoms with E-state index in [-0.39, 0.29) is 5.76 Å². The van der Waals surface area contributed by atoms with E-state index in [4.69, 9.17) is 9.52 Å². The van der Waals surface area contributed by atoms with Crippen LogP contribution in [0.2, 0.25) is 0 Å². The van der Waals surface area contributed by atoms with E-state index in [1.807, 2.05) is 0 Å². The molecule has 3 heteroatoms.